The van der Waals surface area contributed by atoms with Crippen molar-refractivity contribution in [3.63, 3.8) is 0 Å². The maximum atomic E-state index is 13.5. The Morgan fingerprint density at radius 3 is 2.25 bits per heavy atom. The quantitative estimate of drug-likeness (QED) is 0.731. The average molecular weight is 407 g/mol. The molecule has 1 atom stereocenters. The summed E-state index contributed by atoms with van der Waals surface area (Å²) in [5.74, 6) is 0.391. The Morgan fingerprint density at radius 1 is 1.07 bits per heavy atom. The van der Waals surface area contributed by atoms with Crippen molar-refractivity contribution < 1.29 is 14.3 Å². The van der Waals surface area contributed by atoms with Crippen molar-refractivity contribution in [2.24, 2.45) is 5.92 Å². The van der Waals surface area contributed by atoms with E-state index in [9.17, 15) is 9.59 Å². The fraction of sp³-hybridized carbons (Fsp3) is 0.636. The van der Waals surface area contributed by atoms with Crippen molar-refractivity contribution in [1.29, 1.82) is 0 Å². The van der Waals surface area contributed by atoms with Crippen molar-refractivity contribution in [3.05, 3.63) is 34.9 Å². The van der Waals surface area contributed by atoms with Gasteiger partial charge in [-0.2, -0.15) is 0 Å². The molecule has 28 heavy (non-hydrogen) atoms. The van der Waals surface area contributed by atoms with Crippen LogP contribution in [0.25, 0.3) is 0 Å². The lowest BCUT2D eigenvalue weighted by atomic mass is 9.83. The zero-order valence-electron chi connectivity index (χ0n) is 17.1. The Bertz CT molecular complexity index is 702. The zero-order valence-corrected chi connectivity index (χ0v) is 17.9. The van der Waals surface area contributed by atoms with E-state index < -0.39 is 5.60 Å². The fourth-order valence-corrected chi connectivity index (χ4v) is 4.44. The summed E-state index contributed by atoms with van der Waals surface area (Å²) in [5, 5.41) is 0.669. The van der Waals surface area contributed by atoms with Gasteiger partial charge in [0.25, 0.3) is 0 Å². The maximum absolute atomic E-state index is 13.5. The topological polar surface area (TPSA) is 49.9 Å². The van der Waals surface area contributed by atoms with Crippen LogP contribution >= 0.6 is 11.6 Å². The summed E-state index contributed by atoms with van der Waals surface area (Å²) in [7, 11) is 0. The van der Waals surface area contributed by atoms with E-state index in [1.165, 1.54) is 12.8 Å². The van der Waals surface area contributed by atoms with E-state index in [4.69, 9.17) is 16.3 Å². The van der Waals surface area contributed by atoms with E-state index in [1.54, 1.807) is 4.90 Å². The smallest absolute Gasteiger partial charge is 0.410 e. The minimum atomic E-state index is -0.510. The van der Waals surface area contributed by atoms with Crippen LogP contribution in [0.2, 0.25) is 5.02 Å². The third kappa shape index (κ3) is 5.19. The molecule has 0 aromatic heterocycles. The van der Waals surface area contributed by atoms with Crippen LogP contribution in [0.15, 0.2) is 24.3 Å². The second-order valence-electron chi connectivity index (χ2n) is 8.87. The molecule has 1 heterocycles. The molecule has 0 bridgehead atoms. The van der Waals surface area contributed by atoms with Gasteiger partial charge in [0.15, 0.2) is 0 Å². The first-order chi connectivity index (χ1) is 13.2. The highest BCUT2D eigenvalue weighted by molar-refractivity contribution is 6.30. The molecule has 2 fully saturated rings. The fourth-order valence-electron chi connectivity index (χ4n) is 4.24. The molecule has 1 unspecified atom stereocenters. The van der Waals surface area contributed by atoms with Gasteiger partial charge in [0.05, 0.1) is 5.92 Å². The number of amides is 2. The van der Waals surface area contributed by atoms with Crippen molar-refractivity contribution in [3.8, 4) is 0 Å². The first kappa shape index (κ1) is 21.0. The number of nitrogens with zero attached hydrogens (tertiary/aromatic N) is 2. The van der Waals surface area contributed by atoms with Gasteiger partial charge in [-0.3, -0.25) is 4.79 Å². The summed E-state index contributed by atoms with van der Waals surface area (Å²) in [4.78, 5) is 29.3. The van der Waals surface area contributed by atoms with Crippen molar-refractivity contribution in [2.45, 2.75) is 58.0 Å². The lowest BCUT2D eigenvalue weighted by Crippen LogP contribution is -2.53. The van der Waals surface area contributed by atoms with E-state index in [0.717, 1.165) is 18.4 Å². The molecule has 1 aromatic carbocycles. The summed E-state index contributed by atoms with van der Waals surface area (Å²) >= 11 is 6.21. The Hall–Kier alpha value is -1.75. The Labute approximate surface area is 173 Å². The number of ether oxygens (including phenoxy) is 1. The second kappa shape index (κ2) is 8.73. The van der Waals surface area contributed by atoms with Crippen LogP contribution in [0.1, 0.15) is 57.9 Å². The summed E-state index contributed by atoms with van der Waals surface area (Å²) in [5.41, 5.74) is 0.503. The van der Waals surface area contributed by atoms with Crippen LogP contribution in [0.4, 0.5) is 4.79 Å². The number of carbonyl (C=O) groups excluding carboxylic acids is 2. The molecule has 6 heteroatoms. The molecule has 154 valence electrons. The van der Waals surface area contributed by atoms with Gasteiger partial charge in [-0.15, -0.1) is 0 Å². The normalized spacial score (nSPS) is 19.6. The lowest BCUT2D eigenvalue weighted by Gasteiger charge is -2.38. The minimum absolute atomic E-state index is 0.144. The first-order valence-corrected chi connectivity index (χ1v) is 10.6. The molecule has 0 N–H and O–H groups in total. The number of halogens is 1. The molecular weight excluding hydrogens is 376 g/mol. The largest absolute Gasteiger partial charge is 0.444 e. The van der Waals surface area contributed by atoms with E-state index in [2.05, 4.69) is 0 Å². The summed E-state index contributed by atoms with van der Waals surface area (Å²) in [6, 6.07) is 7.72. The summed E-state index contributed by atoms with van der Waals surface area (Å²) < 4.78 is 5.45. The molecule has 1 saturated carbocycles. The molecule has 1 aliphatic heterocycles. The zero-order chi connectivity index (χ0) is 20.3. The number of carbonyl (C=O) groups is 2. The number of hydrogen-bond donors (Lipinski definition) is 0. The summed E-state index contributed by atoms with van der Waals surface area (Å²) in [6.07, 6.45) is 4.23. The van der Waals surface area contributed by atoms with E-state index in [1.807, 2.05) is 49.9 Å². The molecule has 1 saturated heterocycles. The minimum Gasteiger partial charge on any atom is -0.444 e. The van der Waals surface area contributed by atoms with Gasteiger partial charge in [-0.05, 0) is 57.2 Å². The van der Waals surface area contributed by atoms with Gasteiger partial charge in [-0.1, -0.05) is 36.6 Å². The molecule has 2 amide bonds. The van der Waals surface area contributed by atoms with Gasteiger partial charge in [0, 0.05) is 31.2 Å². The van der Waals surface area contributed by atoms with Crippen molar-refractivity contribution in [1.82, 2.24) is 9.80 Å². The molecule has 1 aliphatic carbocycles. The standard InChI is InChI=1S/C22H31ClN2O3/c1-22(2,3)28-21(27)25-13-11-24(12-14-25)20(26)19(16-7-4-5-8-16)17-9-6-10-18(23)15-17/h6,9-10,15-16,19H,4-5,7-8,11-14H2,1-3H3. The third-order valence-electron chi connectivity index (χ3n) is 5.59. The number of benzene rings is 1. The second-order valence-corrected chi connectivity index (χ2v) is 9.31. The number of hydrogen-bond acceptors (Lipinski definition) is 3. The molecule has 0 radical (unpaired) electrons. The van der Waals surface area contributed by atoms with E-state index in [0.29, 0.717) is 37.1 Å². The van der Waals surface area contributed by atoms with Gasteiger partial charge in [0.1, 0.15) is 5.60 Å². The maximum Gasteiger partial charge on any atom is 0.410 e. The van der Waals surface area contributed by atoms with Crippen molar-refractivity contribution in [2.75, 3.05) is 26.2 Å². The van der Waals surface area contributed by atoms with E-state index in [-0.39, 0.29) is 17.9 Å². The van der Waals surface area contributed by atoms with E-state index >= 15 is 0 Å². The number of rotatable bonds is 3. The monoisotopic (exact) mass is 406 g/mol. The molecule has 5 nitrogen and oxygen atoms in total. The molecule has 2 aliphatic rings. The van der Waals surface area contributed by atoms with Crippen LogP contribution in [-0.2, 0) is 9.53 Å². The highest BCUT2D eigenvalue weighted by Crippen LogP contribution is 2.39. The Balaban J connectivity index is 1.68. The number of piperazine rings is 1. The predicted molar refractivity (Wildman–Crippen MR) is 111 cm³/mol. The van der Waals surface area contributed by atoms with Gasteiger partial charge >= 0.3 is 6.09 Å². The average Bonchev–Trinajstić information content (AvgIpc) is 3.15. The molecular formula is C22H31ClN2O3. The van der Waals surface area contributed by atoms with Crippen LogP contribution in [0.3, 0.4) is 0 Å². The van der Waals surface area contributed by atoms with Crippen LogP contribution in [-0.4, -0.2) is 53.6 Å². The predicted octanol–water partition coefficient (Wildman–Crippen LogP) is 4.69. The SMILES string of the molecule is CC(C)(C)OC(=O)N1CCN(C(=O)C(c2cccc(Cl)c2)C2CCCC2)CC1. The lowest BCUT2D eigenvalue weighted by molar-refractivity contribution is -0.135. The molecule has 3 rings (SSSR count). The Kier molecular flexibility index (Phi) is 6.54. The summed E-state index contributed by atoms with van der Waals surface area (Å²) in [6.45, 7) is 7.69. The third-order valence-corrected chi connectivity index (χ3v) is 5.82. The van der Waals surface area contributed by atoms with Crippen LogP contribution < -0.4 is 0 Å². The first-order valence-electron chi connectivity index (χ1n) is 10.3. The molecule has 0 spiro atoms. The van der Waals surface area contributed by atoms with Gasteiger partial charge in [-0.25, -0.2) is 4.79 Å². The van der Waals surface area contributed by atoms with Gasteiger partial charge < -0.3 is 14.5 Å². The van der Waals surface area contributed by atoms with Gasteiger partial charge in [0.2, 0.25) is 5.91 Å². The van der Waals surface area contributed by atoms with Crippen molar-refractivity contribution >= 4 is 23.6 Å². The highest BCUT2D eigenvalue weighted by atomic mass is 35.5. The van der Waals surface area contributed by atoms with Crippen LogP contribution in [0.5, 0.6) is 0 Å². The Morgan fingerprint density at radius 2 is 1.68 bits per heavy atom. The highest BCUT2D eigenvalue weighted by Gasteiger charge is 2.36. The van der Waals surface area contributed by atoms with Crippen LogP contribution in [0, 0.1) is 5.92 Å². The molecule has 1 aromatic rings.